The minimum Gasteiger partial charge on any atom is -0.480 e. The van der Waals surface area contributed by atoms with Crippen molar-refractivity contribution in [3.8, 4) is 5.75 Å². The van der Waals surface area contributed by atoms with E-state index in [1.54, 1.807) is 18.1 Å². The minimum absolute atomic E-state index is 0.117. The maximum absolute atomic E-state index is 6.64. The lowest BCUT2D eigenvalue weighted by Crippen LogP contribution is -2.32. The van der Waals surface area contributed by atoms with E-state index in [2.05, 4.69) is 76.3 Å². The Morgan fingerprint density at radius 2 is 1.68 bits per heavy atom. The second-order valence-corrected chi connectivity index (χ2v) is 8.44. The smallest absolute Gasteiger partial charge is 0.226 e. The van der Waals surface area contributed by atoms with Gasteiger partial charge in [-0.25, -0.2) is 4.68 Å². The van der Waals surface area contributed by atoms with Gasteiger partial charge >= 0.3 is 0 Å². The molecule has 0 bridgehead atoms. The molecular weight excluding hydrogens is 404 g/mol. The molecule has 0 saturated carbocycles. The molecule has 0 aliphatic carbocycles. The van der Waals surface area contributed by atoms with Gasteiger partial charge in [-0.2, -0.15) is 10.1 Å². The van der Waals surface area contributed by atoms with Gasteiger partial charge in [0.05, 0.1) is 5.70 Å². The molecule has 1 aromatic heterocycles. The van der Waals surface area contributed by atoms with Gasteiger partial charge < -0.3 is 10.1 Å². The number of hydrogen-bond donors (Lipinski definition) is 1. The molecule has 152 valence electrons. The number of para-hydroxylation sites is 1. The lowest BCUT2D eigenvalue weighted by atomic mass is 9.84. The molecule has 4 aromatic rings. The van der Waals surface area contributed by atoms with E-state index >= 15 is 0 Å². The van der Waals surface area contributed by atoms with Crippen molar-refractivity contribution in [1.29, 1.82) is 0 Å². The van der Waals surface area contributed by atoms with E-state index in [1.807, 2.05) is 28.9 Å². The Labute approximate surface area is 184 Å². The van der Waals surface area contributed by atoms with Crippen molar-refractivity contribution in [2.24, 2.45) is 0 Å². The fourth-order valence-corrected chi connectivity index (χ4v) is 4.84. The summed E-state index contributed by atoms with van der Waals surface area (Å²) >= 11 is 1.74. The second kappa shape index (κ2) is 7.32. The van der Waals surface area contributed by atoms with Crippen LogP contribution in [0.2, 0.25) is 0 Å². The van der Waals surface area contributed by atoms with E-state index in [1.165, 1.54) is 4.90 Å². The molecule has 6 heteroatoms. The SMILES string of the molecule is CSc1ccc([C@@H]2Oc3ccccc3C3=C2[C@@H](c2ccccc2)n2ncnc2N3)cc1. The molecule has 0 spiro atoms. The molecule has 2 aliphatic heterocycles. The number of benzene rings is 3. The molecule has 2 aliphatic rings. The lowest BCUT2D eigenvalue weighted by Gasteiger charge is -2.39. The number of hydrogen-bond acceptors (Lipinski definition) is 5. The van der Waals surface area contributed by atoms with Crippen LogP contribution in [0.4, 0.5) is 5.95 Å². The quantitative estimate of drug-likeness (QED) is 0.437. The van der Waals surface area contributed by atoms with E-state index < -0.39 is 0 Å². The number of rotatable bonds is 3. The first-order valence-electron chi connectivity index (χ1n) is 10.2. The summed E-state index contributed by atoms with van der Waals surface area (Å²) in [4.78, 5) is 5.71. The summed E-state index contributed by atoms with van der Waals surface area (Å²) in [6.45, 7) is 0. The third-order valence-electron chi connectivity index (χ3n) is 5.86. The largest absolute Gasteiger partial charge is 0.480 e. The lowest BCUT2D eigenvalue weighted by molar-refractivity contribution is 0.223. The van der Waals surface area contributed by atoms with Crippen LogP contribution >= 0.6 is 11.8 Å². The van der Waals surface area contributed by atoms with Crippen molar-refractivity contribution in [3.05, 3.63) is 107 Å². The summed E-state index contributed by atoms with van der Waals surface area (Å²) in [6, 6.07) is 27.1. The van der Waals surface area contributed by atoms with Gasteiger partial charge in [0.15, 0.2) is 0 Å². The molecule has 0 saturated heterocycles. The first-order chi connectivity index (χ1) is 15.3. The van der Waals surface area contributed by atoms with E-state index in [0.29, 0.717) is 0 Å². The number of anilines is 1. The molecule has 5 nitrogen and oxygen atoms in total. The first-order valence-corrected chi connectivity index (χ1v) is 11.4. The average molecular weight is 425 g/mol. The third kappa shape index (κ3) is 2.94. The predicted octanol–water partition coefficient (Wildman–Crippen LogP) is 5.56. The maximum Gasteiger partial charge on any atom is 0.226 e. The van der Waals surface area contributed by atoms with E-state index in [4.69, 9.17) is 4.74 Å². The number of fused-ring (bicyclic) bond motifs is 3. The number of nitrogens with zero attached hydrogens (tertiary/aromatic N) is 3. The topological polar surface area (TPSA) is 52.0 Å². The van der Waals surface area contributed by atoms with Gasteiger partial charge in [-0.05, 0) is 41.6 Å². The molecular formula is C25H20N4OS. The highest BCUT2D eigenvalue weighted by Crippen LogP contribution is 2.50. The number of aromatic nitrogens is 3. The third-order valence-corrected chi connectivity index (χ3v) is 6.60. The van der Waals surface area contributed by atoms with Crippen LogP contribution < -0.4 is 10.1 Å². The van der Waals surface area contributed by atoms with Crippen molar-refractivity contribution in [3.63, 3.8) is 0 Å². The fourth-order valence-electron chi connectivity index (χ4n) is 4.43. The van der Waals surface area contributed by atoms with Crippen molar-refractivity contribution in [1.82, 2.24) is 14.8 Å². The predicted molar refractivity (Wildman–Crippen MR) is 123 cm³/mol. The fraction of sp³-hybridized carbons (Fsp3) is 0.120. The van der Waals surface area contributed by atoms with Crippen LogP contribution in [-0.4, -0.2) is 21.0 Å². The Morgan fingerprint density at radius 1 is 0.903 bits per heavy atom. The number of nitrogens with one attached hydrogen (secondary N) is 1. The molecule has 1 N–H and O–H groups in total. The highest BCUT2D eigenvalue weighted by molar-refractivity contribution is 7.98. The molecule has 3 aromatic carbocycles. The van der Waals surface area contributed by atoms with Gasteiger partial charge in [-0.3, -0.25) is 0 Å². The summed E-state index contributed by atoms with van der Waals surface area (Å²) < 4.78 is 8.59. The van der Waals surface area contributed by atoms with E-state index in [9.17, 15) is 0 Å². The molecule has 6 rings (SSSR count). The van der Waals surface area contributed by atoms with Crippen LogP contribution in [0, 0.1) is 0 Å². The Kier molecular flexibility index (Phi) is 4.32. The summed E-state index contributed by atoms with van der Waals surface area (Å²) in [5.41, 5.74) is 5.50. The highest BCUT2D eigenvalue weighted by atomic mass is 32.2. The molecule has 3 heterocycles. The van der Waals surface area contributed by atoms with Gasteiger partial charge in [-0.15, -0.1) is 11.8 Å². The van der Waals surface area contributed by atoms with Crippen LogP contribution in [-0.2, 0) is 0 Å². The minimum atomic E-state index is -0.240. The Morgan fingerprint density at radius 3 is 2.48 bits per heavy atom. The summed E-state index contributed by atoms with van der Waals surface area (Å²) in [5.74, 6) is 1.60. The Hall–Kier alpha value is -3.51. The molecule has 0 amide bonds. The van der Waals surface area contributed by atoms with Crippen molar-refractivity contribution >= 4 is 23.4 Å². The van der Waals surface area contributed by atoms with Crippen LogP contribution in [0.5, 0.6) is 5.75 Å². The normalized spacial score (nSPS) is 19.0. The number of thioether (sulfide) groups is 1. The van der Waals surface area contributed by atoms with Gasteiger partial charge in [0.25, 0.3) is 0 Å². The Balaban J connectivity index is 1.60. The van der Waals surface area contributed by atoms with E-state index in [0.717, 1.165) is 39.7 Å². The Bertz CT molecular complexity index is 1280. The van der Waals surface area contributed by atoms with Gasteiger partial charge in [-0.1, -0.05) is 54.6 Å². The molecule has 2 atom stereocenters. The van der Waals surface area contributed by atoms with Crippen LogP contribution in [0.15, 0.2) is 95.7 Å². The molecule has 0 fully saturated rings. The van der Waals surface area contributed by atoms with Crippen LogP contribution in [0.1, 0.15) is 28.8 Å². The number of ether oxygens (including phenoxy) is 1. The molecule has 31 heavy (non-hydrogen) atoms. The van der Waals surface area contributed by atoms with Gasteiger partial charge in [0.1, 0.15) is 24.2 Å². The second-order valence-electron chi connectivity index (χ2n) is 7.56. The monoisotopic (exact) mass is 424 g/mol. The van der Waals surface area contributed by atoms with Gasteiger partial charge in [0, 0.05) is 16.0 Å². The maximum atomic E-state index is 6.64. The zero-order chi connectivity index (χ0) is 20.8. The van der Waals surface area contributed by atoms with Crippen molar-refractivity contribution < 1.29 is 4.74 Å². The zero-order valence-electron chi connectivity index (χ0n) is 16.9. The van der Waals surface area contributed by atoms with Gasteiger partial charge in [0.2, 0.25) is 5.95 Å². The summed E-state index contributed by atoms with van der Waals surface area (Å²) in [7, 11) is 0. The van der Waals surface area contributed by atoms with Crippen LogP contribution in [0.25, 0.3) is 5.70 Å². The van der Waals surface area contributed by atoms with Crippen LogP contribution in [0.3, 0.4) is 0 Å². The average Bonchev–Trinajstić information content (AvgIpc) is 3.31. The summed E-state index contributed by atoms with van der Waals surface area (Å²) in [5, 5.41) is 8.11. The zero-order valence-corrected chi connectivity index (χ0v) is 17.7. The molecule has 0 radical (unpaired) electrons. The first kappa shape index (κ1) is 18.3. The summed E-state index contributed by atoms with van der Waals surface area (Å²) in [6.07, 6.45) is 3.45. The van der Waals surface area contributed by atoms with Crippen molar-refractivity contribution in [2.45, 2.75) is 17.0 Å². The van der Waals surface area contributed by atoms with Crippen molar-refractivity contribution in [2.75, 3.05) is 11.6 Å². The molecule has 0 unspecified atom stereocenters. The highest BCUT2D eigenvalue weighted by Gasteiger charge is 2.40. The van der Waals surface area contributed by atoms with E-state index in [-0.39, 0.29) is 12.1 Å². The standard InChI is InChI=1S/C25H20N4OS/c1-31-18-13-11-17(12-14-18)24-21-22(19-9-5-6-10-20(19)30-24)28-25-26-15-27-29(25)23(21)16-7-3-2-4-8-16/h2-15,23-24H,1H3,(H,26,27,28)/t23-,24+/m1/s1.